The van der Waals surface area contributed by atoms with E-state index in [9.17, 15) is 4.79 Å². The van der Waals surface area contributed by atoms with E-state index in [0.717, 1.165) is 18.0 Å². The summed E-state index contributed by atoms with van der Waals surface area (Å²) in [5.41, 5.74) is 2.95. The van der Waals surface area contributed by atoms with Crippen LogP contribution in [0.2, 0.25) is 0 Å². The molecule has 2 atom stereocenters. The number of carbonyl (C=O) groups excluding carboxylic acids is 1. The maximum absolute atomic E-state index is 12.4. The Kier molecular flexibility index (Phi) is 4.75. The molecule has 1 aromatic carbocycles. The molecule has 24 heavy (non-hydrogen) atoms. The molecule has 4 heteroatoms. The van der Waals surface area contributed by atoms with Crippen LogP contribution in [0.3, 0.4) is 0 Å². The van der Waals surface area contributed by atoms with Crippen molar-refractivity contribution in [2.45, 2.75) is 71.4 Å². The van der Waals surface area contributed by atoms with Gasteiger partial charge in [-0.1, -0.05) is 19.8 Å². The first-order valence-electron chi connectivity index (χ1n) is 9.27. The van der Waals surface area contributed by atoms with Gasteiger partial charge in [-0.3, -0.25) is 4.90 Å². The number of hydrogen-bond donors (Lipinski definition) is 1. The number of rotatable bonds is 3. The third kappa shape index (κ3) is 3.68. The summed E-state index contributed by atoms with van der Waals surface area (Å²) < 4.78 is 5.52. The number of hydrogen-bond acceptors (Lipinski definition) is 3. The Labute approximate surface area is 145 Å². The monoisotopic (exact) mass is 330 g/mol. The van der Waals surface area contributed by atoms with Gasteiger partial charge in [0.2, 0.25) is 0 Å². The van der Waals surface area contributed by atoms with Gasteiger partial charge in [0.05, 0.1) is 5.69 Å². The van der Waals surface area contributed by atoms with E-state index in [4.69, 9.17) is 4.74 Å². The molecule has 0 bridgehead atoms. The Morgan fingerprint density at radius 1 is 1.33 bits per heavy atom. The number of nitrogens with one attached hydrogen (secondary N) is 1. The summed E-state index contributed by atoms with van der Waals surface area (Å²) in [6.45, 7) is 8.70. The number of fused-ring (bicyclic) bond motifs is 1. The van der Waals surface area contributed by atoms with Crippen LogP contribution in [0.15, 0.2) is 18.2 Å². The summed E-state index contributed by atoms with van der Waals surface area (Å²) >= 11 is 0. The highest BCUT2D eigenvalue weighted by Crippen LogP contribution is 2.34. The van der Waals surface area contributed by atoms with Gasteiger partial charge in [0, 0.05) is 18.3 Å². The number of anilines is 2. The summed E-state index contributed by atoms with van der Waals surface area (Å²) in [5, 5.41) is 3.72. The maximum Gasteiger partial charge on any atom is 0.414 e. The molecular weight excluding hydrogens is 300 g/mol. The molecule has 0 aromatic heterocycles. The van der Waals surface area contributed by atoms with Crippen LogP contribution < -0.4 is 10.2 Å². The Hall–Kier alpha value is -1.71. The van der Waals surface area contributed by atoms with Crippen LogP contribution in [-0.2, 0) is 11.2 Å². The average Bonchev–Trinajstić information content (AvgIpc) is 3.11. The molecule has 0 radical (unpaired) electrons. The Morgan fingerprint density at radius 2 is 2.12 bits per heavy atom. The number of carbonyl (C=O) groups is 1. The van der Waals surface area contributed by atoms with E-state index in [2.05, 4.69) is 30.4 Å². The van der Waals surface area contributed by atoms with Crippen molar-refractivity contribution in [3.63, 3.8) is 0 Å². The van der Waals surface area contributed by atoms with Crippen molar-refractivity contribution >= 4 is 17.5 Å². The van der Waals surface area contributed by atoms with Crippen LogP contribution in [0.1, 0.15) is 58.9 Å². The minimum absolute atomic E-state index is 0.246. The number of amides is 1. The lowest BCUT2D eigenvalue weighted by atomic mass is 10.00. The van der Waals surface area contributed by atoms with Gasteiger partial charge in [-0.2, -0.15) is 0 Å². The summed E-state index contributed by atoms with van der Waals surface area (Å²) in [6.07, 6.45) is 5.82. The van der Waals surface area contributed by atoms with Crippen molar-refractivity contribution in [3.8, 4) is 0 Å². The van der Waals surface area contributed by atoms with Crippen LogP contribution in [0.5, 0.6) is 0 Å². The molecule has 1 amide bonds. The molecule has 4 nitrogen and oxygen atoms in total. The third-order valence-corrected chi connectivity index (χ3v) is 5.12. The Bertz CT molecular complexity index is 606. The highest BCUT2D eigenvalue weighted by atomic mass is 16.6. The summed E-state index contributed by atoms with van der Waals surface area (Å²) in [6, 6.07) is 6.97. The van der Waals surface area contributed by atoms with Crippen LogP contribution >= 0.6 is 0 Å². The molecule has 1 aliphatic heterocycles. The topological polar surface area (TPSA) is 41.6 Å². The van der Waals surface area contributed by atoms with Gasteiger partial charge in [-0.05, 0) is 69.7 Å². The van der Waals surface area contributed by atoms with Crippen molar-refractivity contribution in [1.29, 1.82) is 0 Å². The lowest BCUT2D eigenvalue weighted by Crippen LogP contribution is -2.35. The standard InChI is InChI=1S/C20H30N2O2/c1-5-14-7-6-8-17(14)21-16-9-10-18-15(13-16)11-12-22(18)19(23)24-20(2,3)4/h9-10,13-14,17,21H,5-8,11-12H2,1-4H3. The molecule has 2 unspecified atom stereocenters. The third-order valence-electron chi connectivity index (χ3n) is 5.12. The van der Waals surface area contributed by atoms with Crippen LogP contribution in [-0.4, -0.2) is 24.3 Å². The van der Waals surface area contributed by atoms with Crippen molar-refractivity contribution in [2.75, 3.05) is 16.8 Å². The molecule has 0 spiro atoms. The van der Waals surface area contributed by atoms with Gasteiger partial charge in [0.15, 0.2) is 0 Å². The first kappa shape index (κ1) is 17.1. The Morgan fingerprint density at radius 3 is 2.83 bits per heavy atom. The molecule has 1 saturated carbocycles. The lowest BCUT2D eigenvalue weighted by molar-refractivity contribution is 0.0584. The van der Waals surface area contributed by atoms with Crippen LogP contribution in [0.4, 0.5) is 16.2 Å². The minimum Gasteiger partial charge on any atom is -0.443 e. The van der Waals surface area contributed by atoms with Crippen molar-refractivity contribution < 1.29 is 9.53 Å². The molecule has 1 aromatic rings. The van der Waals surface area contributed by atoms with E-state index in [-0.39, 0.29) is 6.09 Å². The quantitative estimate of drug-likeness (QED) is 0.850. The minimum atomic E-state index is -0.459. The highest BCUT2D eigenvalue weighted by Gasteiger charge is 2.30. The molecule has 2 aliphatic rings. The average molecular weight is 330 g/mol. The molecule has 1 heterocycles. The maximum atomic E-state index is 12.4. The summed E-state index contributed by atoms with van der Waals surface area (Å²) in [4.78, 5) is 14.1. The number of ether oxygens (including phenoxy) is 1. The fourth-order valence-corrected chi connectivity index (χ4v) is 3.93. The zero-order valence-electron chi connectivity index (χ0n) is 15.4. The number of benzene rings is 1. The van der Waals surface area contributed by atoms with Crippen molar-refractivity contribution in [3.05, 3.63) is 23.8 Å². The van der Waals surface area contributed by atoms with Gasteiger partial charge in [0.25, 0.3) is 0 Å². The fourth-order valence-electron chi connectivity index (χ4n) is 3.93. The van der Waals surface area contributed by atoms with Gasteiger partial charge in [-0.15, -0.1) is 0 Å². The van der Waals surface area contributed by atoms with Gasteiger partial charge >= 0.3 is 6.09 Å². The van der Waals surface area contributed by atoms with E-state index in [1.165, 1.54) is 36.9 Å². The van der Waals surface area contributed by atoms with Crippen molar-refractivity contribution in [1.82, 2.24) is 0 Å². The molecule has 1 N–H and O–H groups in total. The Balaban J connectivity index is 1.70. The fraction of sp³-hybridized carbons (Fsp3) is 0.650. The zero-order valence-corrected chi connectivity index (χ0v) is 15.4. The van der Waals surface area contributed by atoms with Gasteiger partial charge in [-0.25, -0.2) is 4.79 Å². The van der Waals surface area contributed by atoms with E-state index in [1.54, 1.807) is 4.90 Å². The van der Waals surface area contributed by atoms with Crippen LogP contribution in [0.25, 0.3) is 0 Å². The van der Waals surface area contributed by atoms with Gasteiger partial charge < -0.3 is 10.1 Å². The first-order valence-corrected chi connectivity index (χ1v) is 9.27. The predicted octanol–water partition coefficient (Wildman–Crippen LogP) is 4.97. The molecular formula is C20H30N2O2. The molecule has 0 saturated heterocycles. The lowest BCUT2D eigenvalue weighted by Gasteiger charge is -2.25. The molecule has 3 rings (SSSR count). The summed E-state index contributed by atoms with van der Waals surface area (Å²) in [5.74, 6) is 0.788. The molecule has 132 valence electrons. The normalized spacial score (nSPS) is 23.2. The van der Waals surface area contributed by atoms with E-state index >= 15 is 0 Å². The largest absolute Gasteiger partial charge is 0.443 e. The van der Waals surface area contributed by atoms with Gasteiger partial charge in [0.1, 0.15) is 5.60 Å². The first-order chi connectivity index (χ1) is 11.4. The zero-order chi connectivity index (χ0) is 17.3. The smallest absolute Gasteiger partial charge is 0.414 e. The van der Waals surface area contributed by atoms with E-state index in [1.807, 2.05) is 20.8 Å². The second-order valence-electron chi connectivity index (χ2n) is 8.08. The molecule has 1 aliphatic carbocycles. The second kappa shape index (κ2) is 6.66. The second-order valence-corrected chi connectivity index (χ2v) is 8.08. The molecule has 1 fully saturated rings. The van der Waals surface area contributed by atoms with E-state index < -0.39 is 5.60 Å². The van der Waals surface area contributed by atoms with E-state index in [0.29, 0.717) is 12.6 Å². The van der Waals surface area contributed by atoms with Crippen LogP contribution in [0, 0.1) is 5.92 Å². The SMILES string of the molecule is CCC1CCCC1Nc1ccc2c(c1)CCN2C(=O)OC(C)(C)C. The highest BCUT2D eigenvalue weighted by molar-refractivity contribution is 5.91. The predicted molar refractivity (Wildman–Crippen MR) is 98.8 cm³/mol. The summed E-state index contributed by atoms with van der Waals surface area (Å²) in [7, 11) is 0. The van der Waals surface area contributed by atoms with Crippen molar-refractivity contribution in [2.24, 2.45) is 5.92 Å². The number of nitrogens with zero attached hydrogens (tertiary/aromatic N) is 1.